The standard InChI is InChI=1S/C6H10O22S6/c7-2(8)5(32(20,21)22,6(3(9)10,33(23,24)25)34(26,27)28)4(30(14,15)16,31(17,18)19)1-29(11,12)13/h1H2,(H,7,8)(H,9,10)(H,11,12,13)(H,14,15,16)(H,17,18,19)(H,20,21,22)(H,23,24,25)(H,26,27,28). The minimum atomic E-state index is -8.10. The lowest BCUT2D eigenvalue weighted by molar-refractivity contribution is -0.148. The molecule has 0 amide bonds. The Morgan fingerprint density at radius 2 is 0.794 bits per heavy atom. The Morgan fingerprint density at radius 1 is 0.500 bits per heavy atom. The maximum absolute atomic E-state index is 12.1. The fourth-order valence-electron chi connectivity index (χ4n) is 2.89. The highest BCUT2D eigenvalue weighted by molar-refractivity contribution is 8.11. The van der Waals surface area contributed by atoms with Gasteiger partial charge in [0.05, 0.1) is 0 Å². The van der Waals surface area contributed by atoms with Gasteiger partial charge in [-0.3, -0.25) is 32.1 Å². The second-order valence-corrected chi connectivity index (χ2v) is 15.7. The third kappa shape index (κ3) is 4.17. The van der Waals surface area contributed by atoms with E-state index in [0.29, 0.717) is 0 Å². The molecule has 0 aliphatic heterocycles. The molecular weight excluding hydrogens is 616 g/mol. The van der Waals surface area contributed by atoms with Gasteiger partial charge in [0, 0.05) is 0 Å². The molecule has 8 N–H and O–H groups in total. The van der Waals surface area contributed by atoms with Crippen LogP contribution in [0.25, 0.3) is 0 Å². The van der Waals surface area contributed by atoms with Crippen molar-refractivity contribution in [2.75, 3.05) is 5.75 Å². The van der Waals surface area contributed by atoms with E-state index in [1.807, 2.05) is 0 Å². The molecule has 34 heavy (non-hydrogen) atoms. The first-order valence-corrected chi connectivity index (χ1v) is 15.4. The molecule has 28 heteroatoms. The molecule has 0 aromatic rings. The summed E-state index contributed by atoms with van der Waals surface area (Å²) in [5.41, 5.74) is 0. The first kappa shape index (κ1) is 32.4. The molecule has 0 saturated heterocycles. The summed E-state index contributed by atoms with van der Waals surface area (Å²) >= 11 is 0. The van der Waals surface area contributed by atoms with Crippen LogP contribution < -0.4 is 0 Å². The fraction of sp³-hybridized carbons (Fsp3) is 0.667. The Morgan fingerprint density at radius 3 is 0.912 bits per heavy atom. The molecule has 1 atom stereocenters. The number of hydrogen-bond donors (Lipinski definition) is 8. The van der Waals surface area contributed by atoms with Crippen LogP contribution in [-0.2, 0) is 70.3 Å². The van der Waals surface area contributed by atoms with E-state index in [2.05, 4.69) is 0 Å². The average molecular weight is 627 g/mol. The molecule has 0 heterocycles. The van der Waals surface area contributed by atoms with Crippen molar-refractivity contribution in [3.63, 3.8) is 0 Å². The molecule has 0 aromatic heterocycles. The third-order valence-electron chi connectivity index (χ3n) is 3.90. The largest absolute Gasteiger partial charge is 0.480 e. The monoisotopic (exact) mass is 626 g/mol. The van der Waals surface area contributed by atoms with Gasteiger partial charge in [-0.2, -0.15) is 50.5 Å². The minimum absolute atomic E-state index is 3.87. The van der Waals surface area contributed by atoms with E-state index < -0.39 is 91.3 Å². The Kier molecular flexibility index (Phi) is 7.84. The number of carbonyl (C=O) groups is 2. The van der Waals surface area contributed by atoms with Crippen molar-refractivity contribution in [2.24, 2.45) is 0 Å². The lowest BCUT2D eigenvalue weighted by Gasteiger charge is -2.45. The van der Waals surface area contributed by atoms with Gasteiger partial charge in [-0.15, -0.1) is 0 Å². The first-order chi connectivity index (χ1) is 14.3. The highest BCUT2D eigenvalue weighted by atomic mass is 32.3. The molecule has 0 radical (unpaired) electrons. The van der Waals surface area contributed by atoms with Gasteiger partial charge in [0.2, 0.25) is 0 Å². The summed E-state index contributed by atoms with van der Waals surface area (Å²) in [4.78, 5) is 23.7. The topological polar surface area (TPSA) is 401 Å². The van der Waals surface area contributed by atoms with Gasteiger partial charge in [-0.1, -0.05) is 0 Å². The second-order valence-electron chi connectivity index (χ2n) is 5.76. The summed E-state index contributed by atoms with van der Waals surface area (Å²) in [6.07, 6.45) is 0. The Balaban J connectivity index is 9.89. The van der Waals surface area contributed by atoms with Crippen LogP contribution in [0.5, 0.6) is 0 Å². The van der Waals surface area contributed by atoms with Crippen molar-refractivity contribution in [1.82, 2.24) is 0 Å². The van der Waals surface area contributed by atoms with Crippen molar-refractivity contribution in [1.29, 1.82) is 0 Å². The Hall–Kier alpha value is -1.60. The van der Waals surface area contributed by atoms with Crippen LogP contribution in [0.1, 0.15) is 0 Å². The van der Waals surface area contributed by atoms with Crippen LogP contribution >= 0.6 is 0 Å². The van der Waals surface area contributed by atoms with E-state index in [-0.39, 0.29) is 0 Å². The van der Waals surface area contributed by atoms with Crippen molar-refractivity contribution in [3.05, 3.63) is 0 Å². The van der Waals surface area contributed by atoms with Crippen LogP contribution in [-0.4, -0.2) is 119 Å². The summed E-state index contributed by atoms with van der Waals surface area (Å²) in [5.74, 6) is -12.5. The zero-order chi connectivity index (χ0) is 28.4. The molecule has 0 aliphatic rings. The van der Waals surface area contributed by atoms with Crippen molar-refractivity contribution in [3.8, 4) is 0 Å². The van der Waals surface area contributed by atoms with Crippen LogP contribution in [0.15, 0.2) is 0 Å². The number of carboxylic acids is 2. The summed E-state index contributed by atoms with van der Waals surface area (Å²) in [6, 6.07) is 0. The fourth-order valence-corrected chi connectivity index (χ4v) is 14.7. The highest BCUT2D eigenvalue weighted by Gasteiger charge is 2.95. The SMILES string of the molecule is O=C(O)C(C(CS(=O)(=O)O)(S(=O)(=O)O)S(=O)(=O)O)(C(C(=O)O)(S(=O)(=O)O)S(=O)(=O)O)S(=O)(=O)O. The predicted molar refractivity (Wildman–Crippen MR) is 97.6 cm³/mol. The van der Waals surface area contributed by atoms with E-state index in [1.165, 1.54) is 0 Å². The zero-order valence-corrected chi connectivity index (χ0v) is 19.8. The molecule has 0 fully saturated rings. The average Bonchev–Trinajstić information content (AvgIpc) is 2.41. The maximum Gasteiger partial charge on any atom is 0.352 e. The van der Waals surface area contributed by atoms with Crippen molar-refractivity contribution in [2.45, 2.75) is 12.9 Å². The lowest BCUT2D eigenvalue weighted by atomic mass is 9.98. The predicted octanol–water partition coefficient (Wildman–Crippen LogP) is -5.39. The van der Waals surface area contributed by atoms with Crippen LogP contribution in [0, 0.1) is 0 Å². The summed E-state index contributed by atoms with van der Waals surface area (Å²) in [6.45, 7) is 0. The van der Waals surface area contributed by atoms with E-state index >= 15 is 0 Å². The quantitative estimate of drug-likeness (QED) is 0.0991. The summed E-state index contributed by atoms with van der Waals surface area (Å²) < 4.78 is 177. The van der Waals surface area contributed by atoms with E-state index in [0.717, 1.165) is 0 Å². The molecule has 0 saturated carbocycles. The van der Waals surface area contributed by atoms with Gasteiger partial charge in [0.25, 0.3) is 49.3 Å². The number of hydrogen-bond acceptors (Lipinski definition) is 14. The molecule has 0 spiro atoms. The number of rotatable bonds is 11. The van der Waals surface area contributed by atoms with Crippen molar-refractivity contribution < 1.29 is 97.6 Å². The van der Waals surface area contributed by atoms with Gasteiger partial charge in [-0.05, 0) is 0 Å². The molecule has 0 aliphatic carbocycles. The second kappa shape index (κ2) is 8.22. The molecule has 0 bridgehead atoms. The number of carboxylic acid groups (broad SMARTS) is 2. The van der Waals surface area contributed by atoms with Crippen molar-refractivity contribution >= 4 is 72.6 Å². The van der Waals surface area contributed by atoms with Gasteiger partial charge in [0.15, 0.2) is 0 Å². The van der Waals surface area contributed by atoms with Gasteiger partial charge in [-0.25, -0.2) is 4.79 Å². The minimum Gasteiger partial charge on any atom is -0.480 e. The van der Waals surface area contributed by atoms with Crippen LogP contribution in [0.2, 0.25) is 0 Å². The third-order valence-corrected chi connectivity index (χ3v) is 14.7. The highest BCUT2D eigenvalue weighted by Crippen LogP contribution is 2.53. The van der Waals surface area contributed by atoms with E-state index in [4.69, 9.17) is 9.66 Å². The molecule has 202 valence electrons. The van der Waals surface area contributed by atoms with Gasteiger partial charge < -0.3 is 10.2 Å². The maximum atomic E-state index is 12.1. The molecule has 0 rings (SSSR count). The van der Waals surface area contributed by atoms with Gasteiger partial charge >= 0.3 is 36.3 Å². The van der Waals surface area contributed by atoms with E-state index in [9.17, 15) is 88.0 Å². The molecule has 0 aromatic carbocycles. The van der Waals surface area contributed by atoms with Crippen LogP contribution in [0.4, 0.5) is 0 Å². The Labute approximate surface area is 188 Å². The van der Waals surface area contributed by atoms with E-state index in [1.54, 1.807) is 0 Å². The molecular formula is C6H10O22S6. The van der Waals surface area contributed by atoms with Gasteiger partial charge in [0.1, 0.15) is 5.75 Å². The summed E-state index contributed by atoms with van der Waals surface area (Å²) in [7, 11) is -46.4. The normalized spacial score (nSPS) is 17.0. The Bertz CT molecular complexity index is 1490. The first-order valence-electron chi connectivity index (χ1n) is 6.61. The zero-order valence-electron chi connectivity index (χ0n) is 14.9. The molecule has 1 unspecified atom stereocenters. The lowest BCUT2D eigenvalue weighted by Crippen LogP contribution is -2.85. The van der Waals surface area contributed by atoms with Crippen LogP contribution in [0.3, 0.4) is 0 Å². The smallest absolute Gasteiger partial charge is 0.352 e. The number of aliphatic carboxylic acids is 2. The summed E-state index contributed by atoms with van der Waals surface area (Å²) in [5, 5.41) is 18.5. The molecule has 22 nitrogen and oxygen atoms in total.